The number of carbonyl (C=O) groups excluding carboxylic acids is 2. The van der Waals surface area contributed by atoms with Crippen molar-refractivity contribution in [2.24, 2.45) is 11.3 Å². The summed E-state index contributed by atoms with van der Waals surface area (Å²) in [5, 5.41) is 2.81. The molecular formula is C21H23F2NO3S. The minimum absolute atomic E-state index is 0.118. The molecule has 1 aliphatic rings. The quantitative estimate of drug-likeness (QED) is 0.710. The third-order valence-electron chi connectivity index (χ3n) is 5.30. The van der Waals surface area contributed by atoms with Crippen LogP contribution in [0.5, 0.6) is 0 Å². The van der Waals surface area contributed by atoms with Gasteiger partial charge in [-0.15, -0.1) is 11.3 Å². The van der Waals surface area contributed by atoms with Crippen LogP contribution in [0.4, 0.5) is 13.8 Å². The molecule has 0 aliphatic heterocycles. The number of methoxy groups -OCH3 is 1. The number of hydrogen-bond acceptors (Lipinski definition) is 4. The van der Waals surface area contributed by atoms with E-state index in [1.807, 2.05) is 0 Å². The number of hydrogen-bond donors (Lipinski definition) is 1. The molecule has 3 rings (SSSR count). The van der Waals surface area contributed by atoms with E-state index in [-0.39, 0.29) is 10.4 Å². The van der Waals surface area contributed by atoms with E-state index in [2.05, 4.69) is 26.1 Å². The van der Waals surface area contributed by atoms with Gasteiger partial charge in [0.25, 0.3) is 5.91 Å². The number of anilines is 1. The number of benzene rings is 1. The van der Waals surface area contributed by atoms with Gasteiger partial charge in [0.1, 0.15) is 22.2 Å². The molecule has 0 saturated carbocycles. The first-order chi connectivity index (χ1) is 13.1. The van der Waals surface area contributed by atoms with E-state index in [0.717, 1.165) is 35.4 Å². The molecule has 150 valence electrons. The van der Waals surface area contributed by atoms with Gasteiger partial charge in [-0.2, -0.15) is 0 Å². The number of amides is 1. The van der Waals surface area contributed by atoms with Gasteiger partial charge in [0.05, 0.1) is 12.7 Å². The molecule has 4 nitrogen and oxygen atoms in total. The fourth-order valence-corrected chi connectivity index (χ4v) is 4.92. The zero-order valence-electron chi connectivity index (χ0n) is 16.3. The van der Waals surface area contributed by atoms with Crippen LogP contribution >= 0.6 is 11.3 Å². The van der Waals surface area contributed by atoms with Gasteiger partial charge in [-0.1, -0.05) is 26.8 Å². The molecule has 1 aromatic heterocycles. The van der Waals surface area contributed by atoms with Gasteiger partial charge in [0.2, 0.25) is 0 Å². The molecule has 1 N–H and O–H groups in total. The van der Waals surface area contributed by atoms with Gasteiger partial charge in [-0.25, -0.2) is 13.6 Å². The molecule has 1 heterocycles. The Labute approximate surface area is 166 Å². The molecule has 0 radical (unpaired) electrons. The standard InChI is InChI=1S/C21H23F2NO3S/c1-21(2,3)11-8-9-12-15(10-11)28-19(16(12)20(26)27-4)24-18(25)17-13(22)6-5-7-14(17)23/h5-7,11H,8-10H2,1-4H3,(H,24,25). The first-order valence-electron chi connectivity index (χ1n) is 9.11. The van der Waals surface area contributed by atoms with Crippen molar-refractivity contribution in [3.63, 3.8) is 0 Å². The van der Waals surface area contributed by atoms with E-state index in [1.54, 1.807) is 0 Å². The average Bonchev–Trinajstić information content (AvgIpc) is 2.97. The van der Waals surface area contributed by atoms with Gasteiger partial charge in [0.15, 0.2) is 0 Å². The van der Waals surface area contributed by atoms with Gasteiger partial charge < -0.3 is 10.1 Å². The molecule has 1 aliphatic carbocycles. The molecule has 0 bridgehead atoms. The van der Waals surface area contributed by atoms with Crippen molar-refractivity contribution in [1.82, 2.24) is 0 Å². The molecule has 28 heavy (non-hydrogen) atoms. The molecule has 7 heteroatoms. The Hall–Kier alpha value is -2.28. The number of fused-ring (bicyclic) bond motifs is 1. The lowest BCUT2D eigenvalue weighted by atomic mass is 9.72. The highest BCUT2D eigenvalue weighted by molar-refractivity contribution is 7.17. The summed E-state index contributed by atoms with van der Waals surface area (Å²) in [6.07, 6.45) is 2.41. The van der Waals surface area contributed by atoms with E-state index >= 15 is 0 Å². The Kier molecular flexibility index (Phi) is 5.57. The van der Waals surface area contributed by atoms with Crippen LogP contribution in [0.15, 0.2) is 18.2 Å². The maximum absolute atomic E-state index is 13.9. The van der Waals surface area contributed by atoms with Crippen LogP contribution in [0, 0.1) is 23.0 Å². The van der Waals surface area contributed by atoms with Crippen molar-refractivity contribution in [2.45, 2.75) is 40.0 Å². The van der Waals surface area contributed by atoms with Crippen molar-refractivity contribution < 1.29 is 23.1 Å². The number of esters is 1. The van der Waals surface area contributed by atoms with E-state index in [4.69, 9.17) is 4.74 Å². The lowest BCUT2D eigenvalue weighted by Crippen LogP contribution is -2.26. The second-order valence-corrected chi connectivity index (χ2v) is 9.16. The second kappa shape index (κ2) is 7.62. The Morgan fingerprint density at radius 1 is 1.18 bits per heavy atom. The minimum Gasteiger partial charge on any atom is -0.465 e. The summed E-state index contributed by atoms with van der Waals surface area (Å²) >= 11 is 1.28. The molecular weight excluding hydrogens is 384 g/mol. The van der Waals surface area contributed by atoms with Crippen molar-refractivity contribution in [2.75, 3.05) is 12.4 Å². The van der Waals surface area contributed by atoms with Gasteiger partial charge in [-0.05, 0) is 48.3 Å². The molecule has 0 spiro atoms. The Bertz CT molecular complexity index is 910. The number of ether oxygens (including phenoxy) is 1. The first-order valence-corrected chi connectivity index (χ1v) is 9.93. The normalized spacial score (nSPS) is 16.4. The summed E-state index contributed by atoms with van der Waals surface area (Å²) in [4.78, 5) is 25.9. The molecule has 2 aromatic rings. The third kappa shape index (κ3) is 3.81. The summed E-state index contributed by atoms with van der Waals surface area (Å²) < 4.78 is 32.8. The molecule has 0 fully saturated rings. The van der Waals surface area contributed by atoms with E-state index in [0.29, 0.717) is 17.9 Å². The van der Waals surface area contributed by atoms with E-state index in [1.165, 1.54) is 24.5 Å². The second-order valence-electron chi connectivity index (χ2n) is 8.06. The van der Waals surface area contributed by atoms with Crippen LogP contribution in [-0.4, -0.2) is 19.0 Å². The Morgan fingerprint density at radius 3 is 2.39 bits per heavy atom. The predicted molar refractivity (Wildman–Crippen MR) is 105 cm³/mol. The fraction of sp³-hybridized carbons (Fsp3) is 0.429. The maximum Gasteiger partial charge on any atom is 0.341 e. The zero-order chi connectivity index (χ0) is 20.6. The number of halogens is 2. The highest BCUT2D eigenvalue weighted by Crippen LogP contribution is 2.44. The number of nitrogens with one attached hydrogen (secondary N) is 1. The van der Waals surface area contributed by atoms with Gasteiger partial charge in [0, 0.05) is 4.88 Å². The van der Waals surface area contributed by atoms with Crippen molar-refractivity contribution in [1.29, 1.82) is 0 Å². The largest absolute Gasteiger partial charge is 0.465 e. The van der Waals surface area contributed by atoms with Crippen molar-refractivity contribution in [3.05, 3.63) is 51.4 Å². The molecule has 1 atom stereocenters. The summed E-state index contributed by atoms with van der Waals surface area (Å²) in [5.74, 6) is -2.95. The van der Waals surface area contributed by atoms with Crippen LogP contribution in [-0.2, 0) is 17.6 Å². The molecule has 0 saturated heterocycles. The smallest absolute Gasteiger partial charge is 0.341 e. The Morgan fingerprint density at radius 2 is 1.82 bits per heavy atom. The molecule has 1 unspecified atom stereocenters. The zero-order valence-corrected chi connectivity index (χ0v) is 17.1. The van der Waals surface area contributed by atoms with Crippen LogP contribution in [0.2, 0.25) is 0 Å². The third-order valence-corrected chi connectivity index (χ3v) is 6.47. The fourth-order valence-electron chi connectivity index (χ4n) is 3.61. The van der Waals surface area contributed by atoms with E-state index in [9.17, 15) is 18.4 Å². The van der Waals surface area contributed by atoms with E-state index < -0.39 is 29.1 Å². The van der Waals surface area contributed by atoms with Gasteiger partial charge in [-0.3, -0.25) is 4.79 Å². The topological polar surface area (TPSA) is 55.4 Å². The van der Waals surface area contributed by atoms with Crippen LogP contribution in [0.3, 0.4) is 0 Å². The monoisotopic (exact) mass is 407 g/mol. The molecule has 1 amide bonds. The van der Waals surface area contributed by atoms with Crippen LogP contribution < -0.4 is 5.32 Å². The SMILES string of the molecule is COC(=O)c1c(NC(=O)c2c(F)cccc2F)sc2c1CCC(C(C)(C)C)C2. The lowest BCUT2D eigenvalue weighted by molar-refractivity contribution is 0.0600. The first kappa shape index (κ1) is 20.5. The number of rotatable bonds is 3. The van der Waals surface area contributed by atoms with Crippen LogP contribution in [0.1, 0.15) is 58.3 Å². The number of carbonyl (C=O) groups is 2. The highest BCUT2D eigenvalue weighted by Gasteiger charge is 2.34. The maximum atomic E-state index is 13.9. The minimum atomic E-state index is -0.953. The van der Waals surface area contributed by atoms with Crippen LogP contribution in [0.25, 0.3) is 0 Å². The van der Waals surface area contributed by atoms with Gasteiger partial charge >= 0.3 is 5.97 Å². The predicted octanol–water partition coefficient (Wildman–Crippen LogP) is 5.22. The highest BCUT2D eigenvalue weighted by atomic mass is 32.1. The van der Waals surface area contributed by atoms with Crippen molar-refractivity contribution >= 4 is 28.2 Å². The summed E-state index contributed by atoms with van der Waals surface area (Å²) in [5.41, 5.74) is 0.603. The summed E-state index contributed by atoms with van der Waals surface area (Å²) in [7, 11) is 1.27. The lowest BCUT2D eigenvalue weighted by Gasteiger charge is -2.33. The summed E-state index contributed by atoms with van der Waals surface area (Å²) in [6.45, 7) is 6.55. The average molecular weight is 407 g/mol. The molecule has 1 aromatic carbocycles. The number of thiophene rings is 1. The Balaban J connectivity index is 1.99. The summed E-state index contributed by atoms with van der Waals surface area (Å²) in [6, 6.07) is 3.23. The van der Waals surface area contributed by atoms with Crippen molar-refractivity contribution in [3.8, 4) is 0 Å².